The van der Waals surface area contributed by atoms with Gasteiger partial charge in [0.25, 0.3) is 15.9 Å². The first-order valence-electron chi connectivity index (χ1n) is 7.05. The van der Waals surface area contributed by atoms with Crippen LogP contribution in [-0.4, -0.2) is 39.5 Å². The molecule has 1 aromatic rings. The van der Waals surface area contributed by atoms with Gasteiger partial charge in [-0.05, 0) is 31.4 Å². The van der Waals surface area contributed by atoms with Gasteiger partial charge in [-0.3, -0.25) is 9.52 Å². The number of anilines is 1. The maximum atomic E-state index is 12.5. The first kappa shape index (κ1) is 15.1. The Morgan fingerprint density at radius 3 is 2.82 bits per heavy atom. The Labute approximate surface area is 129 Å². The minimum Gasteiger partial charge on any atom is -0.494 e. The monoisotopic (exact) mass is 326 g/mol. The number of fused-ring (bicyclic) bond motifs is 4. The highest BCUT2D eigenvalue weighted by atomic mass is 32.2. The van der Waals surface area contributed by atoms with Gasteiger partial charge in [-0.2, -0.15) is 0 Å². The SMILES string of the molecule is COc1c2ccc(C)c1NS(=O)(=O)C1CCC(CNC2=O)O1. The Balaban J connectivity index is 2.15. The lowest BCUT2D eigenvalue weighted by molar-refractivity contribution is 0.0768. The molecule has 2 atom stereocenters. The van der Waals surface area contributed by atoms with Gasteiger partial charge in [-0.25, -0.2) is 8.42 Å². The number of carbonyl (C=O) groups is 1. The van der Waals surface area contributed by atoms with Crippen molar-refractivity contribution in [1.82, 2.24) is 5.32 Å². The van der Waals surface area contributed by atoms with E-state index in [1.165, 1.54) is 7.11 Å². The second-order valence-electron chi connectivity index (χ2n) is 5.46. The highest BCUT2D eigenvalue weighted by Gasteiger charge is 2.37. The third-order valence-corrected chi connectivity index (χ3v) is 5.49. The van der Waals surface area contributed by atoms with Crippen LogP contribution < -0.4 is 14.8 Å². The molecule has 1 saturated heterocycles. The van der Waals surface area contributed by atoms with Crippen LogP contribution in [0.2, 0.25) is 0 Å². The summed E-state index contributed by atoms with van der Waals surface area (Å²) in [4.78, 5) is 12.3. The molecule has 120 valence electrons. The molecule has 0 aliphatic carbocycles. The fourth-order valence-electron chi connectivity index (χ4n) is 2.76. The van der Waals surface area contributed by atoms with Gasteiger partial charge in [0, 0.05) is 6.54 Å². The molecule has 2 heterocycles. The minimum atomic E-state index is -3.71. The molecule has 0 spiro atoms. The van der Waals surface area contributed by atoms with E-state index in [1.54, 1.807) is 19.1 Å². The number of nitrogens with one attached hydrogen (secondary N) is 2. The zero-order chi connectivity index (χ0) is 15.9. The average molecular weight is 326 g/mol. The first-order valence-corrected chi connectivity index (χ1v) is 8.60. The molecule has 2 N–H and O–H groups in total. The predicted octanol–water partition coefficient (Wildman–Crippen LogP) is 0.994. The van der Waals surface area contributed by atoms with E-state index < -0.39 is 15.5 Å². The quantitative estimate of drug-likeness (QED) is 0.803. The molecule has 1 aromatic carbocycles. The zero-order valence-corrected chi connectivity index (χ0v) is 13.2. The largest absolute Gasteiger partial charge is 0.494 e. The van der Waals surface area contributed by atoms with Crippen LogP contribution in [0.15, 0.2) is 12.1 Å². The molecule has 2 aliphatic heterocycles. The number of aryl methyl sites for hydroxylation is 1. The lowest BCUT2D eigenvalue weighted by atomic mass is 10.1. The van der Waals surface area contributed by atoms with Gasteiger partial charge < -0.3 is 14.8 Å². The van der Waals surface area contributed by atoms with Crippen molar-refractivity contribution >= 4 is 21.6 Å². The van der Waals surface area contributed by atoms with Crippen molar-refractivity contribution in [3.63, 3.8) is 0 Å². The normalized spacial score (nSPS) is 26.5. The van der Waals surface area contributed by atoms with Gasteiger partial charge in [-0.1, -0.05) is 6.07 Å². The number of ether oxygens (including phenoxy) is 2. The molecule has 7 nitrogen and oxygen atoms in total. The van der Waals surface area contributed by atoms with Crippen molar-refractivity contribution in [2.75, 3.05) is 18.4 Å². The summed E-state index contributed by atoms with van der Waals surface area (Å²) in [6.07, 6.45) is 0.696. The van der Waals surface area contributed by atoms with Crippen LogP contribution in [0.25, 0.3) is 0 Å². The molecule has 2 unspecified atom stereocenters. The summed E-state index contributed by atoms with van der Waals surface area (Å²) in [5, 5.41) is 2.77. The van der Waals surface area contributed by atoms with E-state index in [4.69, 9.17) is 9.47 Å². The Morgan fingerprint density at radius 2 is 2.09 bits per heavy atom. The molecular weight excluding hydrogens is 308 g/mol. The lowest BCUT2D eigenvalue weighted by Gasteiger charge is -2.18. The van der Waals surface area contributed by atoms with Gasteiger partial charge in [0.2, 0.25) is 0 Å². The van der Waals surface area contributed by atoms with Crippen molar-refractivity contribution in [1.29, 1.82) is 0 Å². The van der Waals surface area contributed by atoms with E-state index in [0.717, 1.165) is 0 Å². The van der Waals surface area contributed by atoms with Gasteiger partial charge in [0.05, 0.1) is 24.5 Å². The number of sulfonamides is 1. The van der Waals surface area contributed by atoms with Crippen LogP contribution in [0.5, 0.6) is 5.75 Å². The van der Waals surface area contributed by atoms with E-state index >= 15 is 0 Å². The molecule has 2 aliphatic rings. The van der Waals surface area contributed by atoms with Crippen LogP contribution in [0.3, 0.4) is 0 Å². The Hall–Kier alpha value is -1.80. The summed E-state index contributed by atoms with van der Waals surface area (Å²) in [5.74, 6) is -0.0925. The van der Waals surface area contributed by atoms with Crippen molar-refractivity contribution in [3.8, 4) is 5.75 Å². The zero-order valence-electron chi connectivity index (χ0n) is 12.4. The van der Waals surface area contributed by atoms with E-state index in [9.17, 15) is 13.2 Å². The van der Waals surface area contributed by atoms with Crippen molar-refractivity contribution in [2.45, 2.75) is 31.3 Å². The van der Waals surface area contributed by atoms with E-state index in [-0.39, 0.29) is 30.0 Å². The first-order chi connectivity index (χ1) is 10.4. The number of amides is 1. The molecule has 1 amide bonds. The highest BCUT2D eigenvalue weighted by Crippen LogP contribution is 2.35. The molecule has 0 saturated carbocycles. The Morgan fingerprint density at radius 1 is 1.32 bits per heavy atom. The number of hydrogen-bond acceptors (Lipinski definition) is 5. The smallest absolute Gasteiger partial charge is 0.260 e. The fraction of sp³-hybridized carbons (Fsp3) is 0.500. The van der Waals surface area contributed by atoms with E-state index in [2.05, 4.69) is 10.0 Å². The van der Waals surface area contributed by atoms with Gasteiger partial charge in [0.1, 0.15) is 0 Å². The third-order valence-electron chi connectivity index (χ3n) is 3.96. The molecule has 0 radical (unpaired) electrons. The molecule has 4 bridgehead atoms. The summed E-state index contributed by atoms with van der Waals surface area (Å²) < 4.78 is 38.4. The van der Waals surface area contributed by atoms with Crippen molar-refractivity contribution in [2.24, 2.45) is 0 Å². The maximum absolute atomic E-state index is 12.5. The van der Waals surface area contributed by atoms with Crippen LogP contribution >= 0.6 is 0 Å². The summed E-state index contributed by atoms with van der Waals surface area (Å²) in [6, 6.07) is 3.31. The van der Waals surface area contributed by atoms with Gasteiger partial charge in [-0.15, -0.1) is 0 Å². The molecule has 0 aromatic heterocycles. The van der Waals surface area contributed by atoms with E-state index in [0.29, 0.717) is 24.0 Å². The number of benzene rings is 1. The third kappa shape index (κ3) is 2.52. The minimum absolute atomic E-state index is 0.221. The lowest BCUT2D eigenvalue weighted by Crippen LogP contribution is -2.33. The standard InChI is InChI=1S/C14H18N2O5S/c1-8-3-5-10-13(20-2)12(8)16-22(18,19)11-6-4-9(21-11)7-15-14(10)17/h3,5,9,11,16H,4,6-7H2,1-2H3,(H,15,17). The van der Waals surface area contributed by atoms with Gasteiger partial charge >= 0.3 is 0 Å². The summed E-state index contributed by atoms with van der Waals surface area (Å²) in [6.45, 7) is 2.03. The van der Waals surface area contributed by atoms with Crippen LogP contribution in [0.1, 0.15) is 28.8 Å². The van der Waals surface area contributed by atoms with Crippen LogP contribution in [0, 0.1) is 6.92 Å². The van der Waals surface area contributed by atoms with Gasteiger partial charge in [0.15, 0.2) is 11.2 Å². The van der Waals surface area contributed by atoms with Crippen LogP contribution in [0.4, 0.5) is 5.69 Å². The fourth-order valence-corrected chi connectivity index (χ4v) is 4.18. The average Bonchev–Trinajstić information content (AvgIpc) is 2.95. The summed E-state index contributed by atoms with van der Waals surface area (Å²) in [7, 11) is -2.30. The van der Waals surface area contributed by atoms with Crippen molar-refractivity contribution in [3.05, 3.63) is 23.3 Å². The maximum Gasteiger partial charge on any atom is 0.260 e. The summed E-state index contributed by atoms with van der Waals surface area (Å²) >= 11 is 0. The Bertz CT molecular complexity index is 716. The molecule has 22 heavy (non-hydrogen) atoms. The molecule has 8 heteroatoms. The summed E-state index contributed by atoms with van der Waals surface area (Å²) in [5.41, 5.74) is 0.332. The van der Waals surface area contributed by atoms with Crippen molar-refractivity contribution < 1.29 is 22.7 Å². The molecular formula is C14H18N2O5S. The highest BCUT2D eigenvalue weighted by molar-refractivity contribution is 7.93. The topological polar surface area (TPSA) is 93.7 Å². The Kier molecular flexibility index (Phi) is 3.73. The number of carbonyl (C=O) groups excluding carboxylic acids is 1. The predicted molar refractivity (Wildman–Crippen MR) is 80.5 cm³/mol. The second-order valence-corrected chi connectivity index (χ2v) is 7.28. The molecule has 1 fully saturated rings. The van der Waals surface area contributed by atoms with E-state index in [1.807, 2.05) is 0 Å². The number of methoxy groups -OCH3 is 1. The second kappa shape index (κ2) is 5.44. The van der Waals surface area contributed by atoms with Crippen LogP contribution in [-0.2, 0) is 14.8 Å². The molecule has 3 rings (SSSR count). The number of hydrogen-bond donors (Lipinski definition) is 2. The number of rotatable bonds is 1.